The number of aryl methyl sites for hydroxylation is 1. The first-order chi connectivity index (χ1) is 14.6. The topological polar surface area (TPSA) is 100 Å². The van der Waals surface area contributed by atoms with E-state index in [2.05, 4.69) is 26.7 Å². The summed E-state index contributed by atoms with van der Waals surface area (Å²) in [7, 11) is 0. The maximum atomic E-state index is 13.5. The average Bonchev–Trinajstić information content (AvgIpc) is 3.40. The Morgan fingerprint density at radius 3 is 3.00 bits per heavy atom. The molecule has 0 radical (unpaired) electrons. The van der Waals surface area contributed by atoms with Crippen molar-refractivity contribution in [3.8, 4) is 6.07 Å². The molecule has 1 aliphatic rings. The Kier molecular flexibility index (Phi) is 5.30. The van der Waals surface area contributed by atoms with Crippen molar-refractivity contribution < 1.29 is 9.18 Å². The summed E-state index contributed by atoms with van der Waals surface area (Å²) in [5, 5.41) is 18.7. The molecule has 0 bridgehead atoms. The first-order valence-electron chi connectivity index (χ1n) is 9.43. The van der Waals surface area contributed by atoms with Gasteiger partial charge in [0.2, 0.25) is 0 Å². The van der Waals surface area contributed by atoms with E-state index in [0.717, 1.165) is 11.7 Å². The zero-order valence-electron chi connectivity index (χ0n) is 16.1. The average molecular weight is 403 g/mol. The second-order valence-corrected chi connectivity index (χ2v) is 6.92. The molecule has 8 nitrogen and oxygen atoms in total. The molecule has 0 fully saturated rings. The summed E-state index contributed by atoms with van der Waals surface area (Å²) in [5.41, 5.74) is 2.84. The number of carbonyl (C=O) groups is 1. The third kappa shape index (κ3) is 3.80. The molecule has 0 N–H and O–H groups in total. The Bertz CT molecular complexity index is 1190. The largest absolute Gasteiger partial charge is 0.269 e. The highest BCUT2D eigenvalue weighted by atomic mass is 19.1. The Labute approximate surface area is 172 Å². The smallest absolute Gasteiger partial charge is 0.268 e. The monoisotopic (exact) mass is 403 g/mol. The van der Waals surface area contributed by atoms with Crippen LogP contribution in [0.4, 0.5) is 4.39 Å². The van der Waals surface area contributed by atoms with Crippen LogP contribution >= 0.6 is 0 Å². The molecule has 4 heterocycles. The fourth-order valence-corrected chi connectivity index (χ4v) is 3.42. The highest BCUT2D eigenvalue weighted by Gasteiger charge is 2.29. The number of hydrazone groups is 1. The number of hydrogen-bond acceptors (Lipinski definition) is 6. The van der Waals surface area contributed by atoms with Crippen LogP contribution < -0.4 is 0 Å². The predicted molar refractivity (Wildman–Crippen MR) is 108 cm³/mol. The van der Waals surface area contributed by atoms with Crippen LogP contribution in [0.3, 0.4) is 0 Å². The normalized spacial score (nSPS) is 15.5. The van der Waals surface area contributed by atoms with E-state index in [0.29, 0.717) is 48.2 Å². The highest BCUT2D eigenvalue weighted by molar-refractivity contribution is 5.94. The van der Waals surface area contributed by atoms with Crippen LogP contribution in [0.5, 0.6) is 0 Å². The van der Waals surface area contributed by atoms with Crippen LogP contribution in [-0.2, 0) is 11.3 Å². The molecule has 3 aromatic rings. The van der Waals surface area contributed by atoms with Crippen molar-refractivity contribution in [1.82, 2.24) is 24.8 Å². The van der Waals surface area contributed by atoms with Gasteiger partial charge >= 0.3 is 0 Å². The first-order valence-corrected chi connectivity index (χ1v) is 9.43. The molecule has 0 saturated heterocycles. The van der Waals surface area contributed by atoms with Gasteiger partial charge in [-0.05, 0) is 36.6 Å². The third-order valence-corrected chi connectivity index (χ3v) is 4.91. The summed E-state index contributed by atoms with van der Waals surface area (Å²) in [5.74, 6) is -0.739. The lowest BCUT2D eigenvalue weighted by atomic mass is 10.0. The Morgan fingerprint density at radius 2 is 2.20 bits per heavy atom. The number of aromatic nitrogens is 4. The van der Waals surface area contributed by atoms with E-state index in [1.165, 1.54) is 11.1 Å². The van der Waals surface area contributed by atoms with E-state index in [1.807, 2.05) is 12.1 Å². The van der Waals surface area contributed by atoms with Gasteiger partial charge in [-0.2, -0.15) is 15.5 Å². The zero-order valence-corrected chi connectivity index (χ0v) is 16.1. The lowest BCUT2D eigenvalue weighted by Gasteiger charge is -2.22. The molecule has 1 atom stereocenters. The minimum atomic E-state index is -0.451. The molecule has 150 valence electrons. The molecule has 0 aliphatic carbocycles. The van der Waals surface area contributed by atoms with Gasteiger partial charge in [-0.3, -0.25) is 14.5 Å². The summed E-state index contributed by atoms with van der Waals surface area (Å²) < 4.78 is 15.3. The molecule has 0 spiro atoms. The van der Waals surface area contributed by atoms with Crippen LogP contribution in [0.25, 0.3) is 11.0 Å². The fourth-order valence-electron chi connectivity index (χ4n) is 3.42. The molecule has 0 aromatic carbocycles. The van der Waals surface area contributed by atoms with Gasteiger partial charge in [0, 0.05) is 31.0 Å². The number of hydrogen-bond donors (Lipinski definition) is 0. The van der Waals surface area contributed by atoms with E-state index < -0.39 is 5.82 Å². The molecule has 9 heteroatoms. The molecule has 1 amide bonds. The number of pyridine rings is 2. The number of rotatable bonds is 6. The molecular weight excluding hydrogens is 385 g/mol. The van der Waals surface area contributed by atoms with Crippen molar-refractivity contribution in [2.24, 2.45) is 5.10 Å². The molecule has 3 aromatic heterocycles. The standard InChI is InChI=1S/C21H18FN7O/c1-14(3-2-8-28-20-5-4-17(10-23)27-18(20)13-26-28)21(30)29-19(6-7-25-29)15-9-16(22)12-24-11-15/h4-5,7,9,11-13,19H,1-3,6,8H2. The number of nitrogens with zero attached hydrogens (tertiary/aromatic N) is 7. The Hall–Kier alpha value is -3.93. The molecule has 30 heavy (non-hydrogen) atoms. The van der Waals surface area contributed by atoms with E-state index in [-0.39, 0.29) is 11.9 Å². The summed E-state index contributed by atoms with van der Waals surface area (Å²) in [6.45, 7) is 4.49. The maximum Gasteiger partial charge on any atom is 0.269 e. The third-order valence-electron chi connectivity index (χ3n) is 4.91. The van der Waals surface area contributed by atoms with Crippen LogP contribution in [0.15, 0.2) is 54.0 Å². The van der Waals surface area contributed by atoms with Gasteiger partial charge < -0.3 is 0 Å². The summed E-state index contributed by atoms with van der Waals surface area (Å²) in [6.07, 6.45) is 7.53. The Balaban J connectivity index is 1.38. The number of nitriles is 1. The van der Waals surface area contributed by atoms with Crippen LogP contribution in [0.2, 0.25) is 0 Å². The van der Waals surface area contributed by atoms with E-state index in [4.69, 9.17) is 5.26 Å². The SMILES string of the molecule is C=C(CCCn1ncc2nc(C#N)ccc21)C(=O)N1N=CCC1c1cncc(F)c1. The maximum absolute atomic E-state index is 13.5. The fraction of sp³-hybridized carbons (Fsp3) is 0.238. The van der Waals surface area contributed by atoms with Crippen LogP contribution in [0, 0.1) is 17.1 Å². The Morgan fingerprint density at radius 1 is 1.33 bits per heavy atom. The molecular formula is C21H18FN7O. The van der Waals surface area contributed by atoms with Crippen molar-refractivity contribution in [3.05, 3.63) is 66.0 Å². The summed E-state index contributed by atoms with van der Waals surface area (Å²) in [4.78, 5) is 20.9. The predicted octanol–water partition coefficient (Wildman–Crippen LogP) is 3.13. The van der Waals surface area contributed by atoms with Gasteiger partial charge in [-0.25, -0.2) is 14.4 Å². The second kappa shape index (κ2) is 8.21. The van der Waals surface area contributed by atoms with Crippen molar-refractivity contribution >= 4 is 23.2 Å². The van der Waals surface area contributed by atoms with Crippen molar-refractivity contribution in [3.63, 3.8) is 0 Å². The second-order valence-electron chi connectivity index (χ2n) is 6.92. The quantitative estimate of drug-likeness (QED) is 0.589. The van der Waals surface area contributed by atoms with Crippen molar-refractivity contribution in [2.45, 2.75) is 31.8 Å². The molecule has 4 rings (SSSR count). The van der Waals surface area contributed by atoms with E-state index >= 15 is 0 Å². The number of amides is 1. The van der Waals surface area contributed by atoms with Crippen LogP contribution in [0.1, 0.15) is 36.6 Å². The lowest BCUT2D eigenvalue weighted by Crippen LogP contribution is -2.28. The van der Waals surface area contributed by atoms with E-state index in [9.17, 15) is 9.18 Å². The minimum Gasteiger partial charge on any atom is -0.268 e. The van der Waals surface area contributed by atoms with Gasteiger partial charge in [-0.15, -0.1) is 0 Å². The van der Waals surface area contributed by atoms with Gasteiger partial charge in [0.05, 0.1) is 24.0 Å². The lowest BCUT2D eigenvalue weighted by molar-refractivity contribution is -0.129. The number of carbonyl (C=O) groups excluding carboxylic acids is 1. The minimum absolute atomic E-state index is 0.288. The van der Waals surface area contributed by atoms with Crippen molar-refractivity contribution in [1.29, 1.82) is 5.26 Å². The van der Waals surface area contributed by atoms with Gasteiger partial charge in [0.15, 0.2) is 0 Å². The molecule has 1 aliphatic heterocycles. The summed E-state index contributed by atoms with van der Waals surface area (Å²) in [6, 6.07) is 6.45. The van der Waals surface area contributed by atoms with Gasteiger partial charge in [0.25, 0.3) is 5.91 Å². The molecule has 1 unspecified atom stereocenters. The zero-order chi connectivity index (χ0) is 21.1. The number of halogens is 1. The van der Waals surface area contributed by atoms with Crippen LogP contribution in [-0.4, -0.2) is 36.9 Å². The highest BCUT2D eigenvalue weighted by Crippen LogP contribution is 2.29. The summed E-state index contributed by atoms with van der Waals surface area (Å²) >= 11 is 0. The van der Waals surface area contributed by atoms with Gasteiger partial charge in [0.1, 0.15) is 23.1 Å². The van der Waals surface area contributed by atoms with E-state index in [1.54, 1.807) is 29.4 Å². The van der Waals surface area contributed by atoms with Crippen molar-refractivity contribution in [2.75, 3.05) is 0 Å². The number of fused-ring (bicyclic) bond motifs is 1. The molecule has 0 saturated carbocycles. The van der Waals surface area contributed by atoms with Gasteiger partial charge in [-0.1, -0.05) is 6.58 Å². The first kappa shape index (κ1) is 19.4.